The Morgan fingerprint density at radius 1 is 1.21 bits per heavy atom. The highest BCUT2D eigenvalue weighted by atomic mass is 32.1. The largest absolute Gasteiger partial charge is 0.467 e. The van der Waals surface area contributed by atoms with Crippen LogP contribution in [-0.2, 0) is 16.1 Å². The molecule has 28 heavy (non-hydrogen) atoms. The first kappa shape index (κ1) is 18.5. The first-order valence-electron chi connectivity index (χ1n) is 9.35. The highest BCUT2D eigenvalue weighted by Gasteiger charge is 2.41. The van der Waals surface area contributed by atoms with Crippen molar-refractivity contribution in [2.75, 3.05) is 4.90 Å². The van der Waals surface area contributed by atoms with Gasteiger partial charge in [0.25, 0.3) is 0 Å². The molecule has 5 nitrogen and oxygen atoms in total. The van der Waals surface area contributed by atoms with Gasteiger partial charge in [-0.1, -0.05) is 23.8 Å². The predicted octanol–water partition coefficient (Wildman–Crippen LogP) is 4.45. The van der Waals surface area contributed by atoms with Crippen molar-refractivity contribution in [1.82, 2.24) is 5.32 Å². The topological polar surface area (TPSA) is 62.6 Å². The fourth-order valence-corrected chi connectivity index (χ4v) is 4.56. The molecular formula is C22H22N2O3S. The lowest BCUT2D eigenvalue weighted by molar-refractivity contribution is -0.129. The van der Waals surface area contributed by atoms with Crippen molar-refractivity contribution in [3.8, 4) is 0 Å². The van der Waals surface area contributed by atoms with E-state index in [0.717, 1.165) is 16.1 Å². The molecule has 0 spiro atoms. The number of carbonyl (C=O) groups excluding carboxylic acids is 2. The maximum Gasteiger partial charge on any atom is 0.227 e. The number of benzene rings is 1. The zero-order chi connectivity index (χ0) is 19.5. The number of anilines is 1. The molecule has 6 heteroatoms. The smallest absolute Gasteiger partial charge is 0.227 e. The minimum atomic E-state index is -0.312. The molecule has 4 rings (SSSR count). The maximum atomic E-state index is 13.1. The number of amides is 2. The Morgan fingerprint density at radius 2 is 2.04 bits per heavy atom. The van der Waals surface area contributed by atoms with Crippen molar-refractivity contribution in [2.24, 2.45) is 5.92 Å². The van der Waals surface area contributed by atoms with E-state index in [1.807, 2.05) is 54.8 Å². The Kier molecular flexibility index (Phi) is 5.30. The summed E-state index contributed by atoms with van der Waals surface area (Å²) in [5, 5.41) is 4.96. The highest BCUT2D eigenvalue weighted by Crippen LogP contribution is 2.41. The lowest BCUT2D eigenvalue weighted by Gasteiger charge is -2.40. The lowest BCUT2D eigenvalue weighted by atomic mass is 9.86. The second-order valence-corrected chi connectivity index (χ2v) is 7.98. The van der Waals surface area contributed by atoms with Crippen LogP contribution in [0.4, 0.5) is 5.69 Å². The van der Waals surface area contributed by atoms with Gasteiger partial charge in [-0.3, -0.25) is 9.59 Å². The average molecular weight is 394 g/mol. The van der Waals surface area contributed by atoms with Crippen molar-refractivity contribution in [3.05, 3.63) is 76.4 Å². The number of piperidine rings is 1. The molecule has 1 fully saturated rings. The molecular weight excluding hydrogens is 372 g/mol. The van der Waals surface area contributed by atoms with Crippen LogP contribution in [0.1, 0.15) is 35.1 Å². The van der Waals surface area contributed by atoms with Gasteiger partial charge in [-0.2, -0.15) is 0 Å². The molecule has 0 unspecified atom stereocenters. The van der Waals surface area contributed by atoms with E-state index in [9.17, 15) is 9.59 Å². The summed E-state index contributed by atoms with van der Waals surface area (Å²) in [7, 11) is 0. The molecule has 0 bridgehead atoms. The predicted molar refractivity (Wildman–Crippen MR) is 109 cm³/mol. The first-order chi connectivity index (χ1) is 13.6. The number of aryl methyl sites for hydroxylation is 1. The third kappa shape index (κ3) is 3.73. The number of carbonyl (C=O) groups is 2. The molecule has 3 heterocycles. The molecule has 1 aliphatic rings. The Labute approximate surface area is 168 Å². The summed E-state index contributed by atoms with van der Waals surface area (Å²) in [5.41, 5.74) is 1.96. The van der Waals surface area contributed by atoms with Crippen molar-refractivity contribution >= 4 is 28.8 Å². The van der Waals surface area contributed by atoms with Crippen molar-refractivity contribution in [1.29, 1.82) is 0 Å². The zero-order valence-electron chi connectivity index (χ0n) is 15.6. The highest BCUT2D eigenvalue weighted by molar-refractivity contribution is 7.10. The van der Waals surface area contributed by atoms with Crippen LogP contribution in [0.2, 0.25) is 0 Å². The maximum absolute atomic E-state index is 13.1. The van der Waals surface area contributed by atoms with Crippen LogP contribution in [0.3, 0.4) is 0 Å². The van der Waals surface area contributed by atoms with Crippen LogP contribution >= 0.6 is 11.3 Å². The van der Waals surface area contributed by atoms with Crippen LogP contribution < -0.4 is 10.2 Å². The molecule has 2 aromatic heterocycles. The van der Waals surface area contributed by atoms with E-state index in [2.05, 4.69) is 5.32 Å². The number of hydrogen-bond donors (Lipinski definition) is 1. The third-order valence-corrected chi connectivity index (χ3v) is 6.04. The first-order valence-corrected chi connectivity index (χ1v) is 10.2. The minimum Gasteiger partial charge on any atom is -0.467 e. The molecule has 1 aromatic carbocycles. The van der Waals surface area contributed by atoms with Gasteiger partial charge in [0, 0.05) is 17.0 Å². The van der Waals surface area contributed by atoms with E-state index in [0.29, 0.717) is 25.1 Å². The van der Waals surface area contributed by atoms with E-state index < -0.39 is 0 Å². The SMILES string of the molecule is Cc1ccc(N2C(=O)CC[C@@H](C(=O)NCc3ccco3)[C@H]2c2cccs2)cc1. The summed E-state index contributed by atoms with van der Waals surface area (Å²) in [6.45, 7) is 2.36. The number of furan rings is 1. The quantitative estimate of drug-likeness (QED) is 0.695. The van der Waals surface area contributed by atoms with Gasteiger partial charge in [0.2, 0.25) is 11.8 Å². The molecule has 3 aromatic rings. The van der Waals surface area contributed by atoms with Gasteiger partial charge in [0.1, 0.15) is 5.76 Å². The molecule has 2 atom stereocenters. The van der Waals surface area contributed by atoms with Crippen LogP contribution in [0.5, 0.6) is 0 Å². The van der Waals surface area contributed by atoms with Crippen molar-refractivity contribution in [2.45, 2.75) is 32.4 Å². The number of rotatable bonds is 5. The van der Waals surface area contributed by atoms with E-state index in [1.165, 1.54) is 0 Å². The number of thiophene rings is 1. The third-order valence-electron chi connectivity index (χ3n) is 5.10. The Balaban J connectivity index is 1.64. The average Bonchev–Trinajstić information content (AvgIpc) is 3.41. The van der Waals surface area contributed by atoms with Crippen molar-refractivity contribution in [3.63, 3.8) is 0 Å². The second-order valence-electron chi connectivity index (χ2n) is 7.00. The number of nitrogens with one attached hydrogen (secondary N) is 1. The molecule has 1 aliphatic heterocycles. The summed E-state index contributed by atoms with van der Waals surface area (Å²) >= 11 is 1.58. The zero-order valence-corrected chi connectivity index (χ0v) is 16.4. The molecule has 1 N–H and O–H groups in total. The van der Waals surface area contributed by atoms with Gasteiger partial charge in [-0.15, -0.1) is 11.3 Å². The van der Waals surface area contributed by atoms with E-state index in [1.54, 1.807) is 28.6 Å². The van der Waals surface area contributed by atoms with Gasteiger partial charge in [-0.05, 0) is 49.1 Å². The van der Waals surface area contributed by atoms with Gasteiger partial charge in [0.05, 0.1) is 24.8 Å². The van der Waals surface area contributed by atoms with E-state index in [-0.39, 0.29) is 23.8 Å². The van der Waals surface area contributed by atoms with Gasteiger partial charge in [-0.25, -0.2) is 0 Å². The van der Waals surface area contributed by atoms with Crippen molar-refractivity contribution < 1.29 is 14.0 Å². The Hall–Kier alpha value is -2.86. The summed E-state index contributed by atoms with van der Waals surface area (Å²) in [5.74, 6) is 0.396. The fourth-order valence-electron chi connectivity index (χ4n) is 3.68. The van der Waals surface area contributed by atoms with Gasteiger partial charge < -0.3 is 14.6 Å². The fraction of sp³-hybridized carbons (Fsp3) is 0.273. The summed E-state index contributed by atoms with van der Waals surface area (Å²) in [4.78, 5) is 28.8. The van der Waals surface area contributed by atoms with Crippen LogP contribution in [0.25, 0.3) is 0 Å². The van der Waals surface area contributed by atoms with Crippen LogP contribution in [0, 0.1) is 12.8 Å². The van der Waals surface area contributed by atoms with E-state index in [4.69, 9.17) is 4.42 Å². The van der Waals surface area contributed by atoms with Crippen LogP contribution in [0.15, 0.2) is 64.6 Å². The standard InChI is InChI=1S/C22H22N2O3S/c1-15-6-8-16(9-7-15)24-20(25)11-10-18(21(24)19-5-3-13-28-19)22(26)23-14-17-4-2-12-27-17/h2-9,12-13,18,21H,10-11,14H2,1H3,(H,23,26)/t18-,21+/m1/s1. The van der Waals surface area contributed by atoms with Gasteiger partial charge >= 0.3 is 0 Å². The molecule has 0 aliphatic carbocycles. The van der Waals surface area contributed by atoms with Gasteiger partial charge in [0.15, 0.2) is 0 Å². The van der Waals surface area contributed by atoms with Crippen LogP contribution in [-0.4, -0.2) is 11.8 Å². The summed E-state index contributed by atoms with van der Waals surface area (Å²) in [6, 6.07) is 15.2. The molecule has 1 saturated heterocycles. The van der Waals surface area contributed by atoms with E-state index >= 15 is 0 Å². The Bertz CT molecular complexity index is 933. The Morgan fingerprint density at radius 3 is 2.71 bits per heavy atom. The number of nitrogens with zero attached hydrogens (tertiary/aromatic N) is 1. The summed E-state index contributed by atoms with van der Waals surface area (Å²) < 4.78 is 5.31. The molecule has 0 saturated carbocycles. The summed E-state index contributed by atoms with van der Waals surface area (Å²) in [6.07, 6.45) is 2.48. The minimum absolute atomic E-state index is 0.0531. The normalized spacial score (nSPS) is 19.6. The lowest BCUT2D eigenvalue weighted by Crippen LogP contribution is -2.48. The molecule has 2 amide bonds. The molecule has 0 radical (unpaired) electrons. The second kappa shape index (κ2) is 8.02. The monoisotopic (exact) mass is 394 g/mol. The molecule has 144 valence electrons. The number of hydrogen-bond acceptors (Lipinski definition) is 4.